The van der Waals surface area contributed by atoms with E-state index in [9.17, 15) is 14.9 Å². The van der Waals surface area contributed by atoms with Gasteiger partial charge in [-0.05, 0) is 50.5 Å². The van der Waals surface area contributed by atoms with E-state index in [-0.39, 0.29) is 23.7 Å². The first-order valence-corrected chi connectivity index (χ1v) is 12.7. The van der Waals surface area contributed by atoms with E-state index in [0.717, 1.165) is 64.0 Å². The topological polar surface area (TPSA) is 78.1 Å². The highest BCUT2D eigenvalue weighted by Gasteiger charge is 2.47. The first-order valence-electron chi connectivity index (χ1n) is 12.7. The summed E-state index contributed by atoms with van der Waals surface area (Å²) >= 11 is 0. The molecular formula is C27H32N4O2. The summed E-state index contributed by atoms with van der Waals surface area (Å²) in [5.41, 5.74) is 3.31. The standard InChI is InChI=1S/C27H32N4O2/c28-17-27(12-13-27)29-25(32)20-6-1-2-7-21(20)26(33)30-14-11-24-22(16-30)19-5-3-4-8-23(19)31(24)15-18-9-10-18/h3-5,8,18,20-21H,1-2,6-7,9-16H2,(H,29,32). The Morgan fingerprint density at radius 2 is 1.85 bits per heavy atom. The lowest BCUT2D eigenvalue weighted by Crippen LogP contribution is -2.48. The Kier molecular flexibility index (Phi) is 4.97. The van der Waals surface area contributed by atoms with Crippen LogP contribution in [0.3, 0.4) is 0 Å². The Hall–Kier alpha value is -2.81. The molecule has 6 nitrogen and oxygen atoms in total. The maximum absolute atomic E-state index is 13.7. The van der Waals surface area contributed by atoms with Gasteiger partial charge in [0.1, 0.15) is 5.54 Å². The molecule has 3 aliphatic carbocycles. The summed E-state index contributed by atoms with van der Waals surface area (Å²) in [4.78, 5) is 28.8. The molecule has 0 bridgehead atoms. The predicted molar refractivity (Wildman–Crippen MR) is 125 cm³/mol. The van der Waals surface area contributed by atoms with E-state index >= 15 is 0 Å². The zero-order chi connectivity index (χ0) is 22.6. The van der Waals surface area contributed by atoms with Crippen LogP contribution in [0.1, 0.15) is 62.6 Å². The summed E-state index contributed by atoms with van der Waals surface area (Å²) in [6.45, 7) is 2.45. The summed E-state index contributed by atoms with van der Waals surface area (Å²) in [5.74, 6) is 0.255. The molecule has 2 unspecified atom stereocenters. The van der Waals surface area contributed by atoms with Crippen LogP contribution >= 0.6 is 0 Å². The maximum Gasteiger partial charge on any atom is 0.226 e. The number of nitriles is 1. The number of nitrogens with one attached hydrogen (secondary N) is 1. The third-order valence-corrected chi connectivity index (χ3v) is 8.36. The van der Waals surface area contributed by atoms with E-state index in [0.29, 0.717) is 6.54 Å². The van der Waals surface area contributed by atoms with Crippen molar-refractivity contribution in [3.63, 3.8) is 0 Å². The number of carbonyl (C=O) groups is 2. The van der Waals surface area contributed by atoms with Crippen LogP contribution in [0.5, 0.6) is 0 Å². The molecule has 6 heteroatoms. The SMILES string of the molecule is N#CC1(NC(=O)C2CCCCC2C(=O)N2CCc3c(c4ccccc4n3CC3CC3)C2)CC1. The van der Waals surface area contributed by atoms with Gasteiger partial charge in [0.05, 0.1) is 6.07 Å². The Morgan fingerprint density at radius 3 is 2.58 bits per heavy atom. The summed E-state index contributed by atoms with van der Waals surface area (Å²) < 4.78 is 2.51. The molecule has 0 spiro atoms. The summed E-state index contributed by atoms with van der Waals surface area (Å²) in [6.07, 6.45) is 8.44. The number of benzene rings is 1. The molecule has 6 rings (SSSR count). The Balaban J connectivity index is 1.24. The highest BCUT2D eigenvalue weighted by Crippen LogP contribution is 2.39. The lowest BCUT2D eigenvalue weighted by atomic mass is 9.77. The van der Waals surface area contributed by atoms with E-state index in [1.165, 1.54) is 35.0 Å². The van der Waals surface area contributed by atoms with Gasteiger partial charge in [-0.2, -0.15) is 5.26 Å². The lowest BCUT2D eigenvalue weighted by Gasteiger charge is -2.36. The van der Waals surface area contributed by atoms with E-state index in [1.807, 2.05) is 4.90 Å². The van der Waals surface area contributed by atoms with Crippen molar-refractivity contribution >= 4 is 22.7 Å². The molecule has 3 fully saturated rings. The highest BCUT2D eigenvalue weighted by molar-refractivity contribution is 5.90. The van der Waals surface area contributed by atoms with E-state index in [1.54, 1.807) is 0 Å². The van der Waals surface area contributed by atoms with E-state index < -0.39 is 5.54 Å². The van der Waals surface area contributed by atoms with Crippen molar-refractivity contribution < 1.29 is 9.59 Å². The minimum absolute atomic E-state index is 0.0918. The molecule has 2 amide bonds. The second-order valence-corrected chi connectivity index (χ2v) is 10.7. The Morgan fingerprint density at radius 1 is 1.09 bits per heavy atom. The average Bonchev–Trinajstić information content (AvgIpc) is 3.79. The minimum atomic E-state index is -0.675. The number of amides is 2. The molecule has 1 aromatic heterocycles. The van der Waals surface area contributed by atoms with Gasteiger partial charge in [-0.15, -0.1) is 0 Å². The number of rotatable bonds is 5. The fraction of sp³-hybridized carbons (Fsp3) is 0.593. The summed E-state index contributed by atoms with van der Waals surface area (Å²) in [6, 6.07) is 10.9. The van der Waals surface area contributed by atoms with Gasteiger partial charge in [0.15, 0.2) is 0 Å². The molecular weight excluding hydrogens is 412 g/mol. The van der Waals surface area contributed by atoms with Gasteiger partial charge >= 0.3 is 0 Å². The molecule has 33 heavy (non-hydrogen) atoms. The van der Waals surface area contributed by atoms with Crippen LogP contribution in [0.4, 0.5) is 0 Å². The minimum Gasteiger partial charge on any atom is -0.344 e. The predicted octanol–water partition coefficient (Wildman–Crippen LogP) is 3.91. The van der Waals surface area contributed by atoms with E-state index in [2.05, 4.69) is 40.2 Å². The van der Waals surface area contributed by atoms with Crippen molar-refractivity contribution in [1.29, 1.82) is 5.26 Å². The average molecular weight is 445 g/mol. The lowest BCUT2D eigenvalue weighted by molar-refractivity contribution is -0.144. The van der Waals surface area contributed by atoms with Gasteiger partial charge in [-0.1, -0.05) is 31.0 Å². The first-order chi connectivity index (χ1) is 16.1. The van der Waals surface area contributed by atoms with Gasteiger partial charge < -0.3 is 14.8 Å². The normalized spacial score (nSPS) is 25.8. The molecule has 4 aliphatic rings. The quantitative estimate of drug-likeness (QED) is 0.759. The molecule has 172 valence electrons. The molecule has 2 atom stereocenters. The number of carbonyl (C=O) groups excluding carboxylic acids is 2. The van der Waals surface area contributed by atoms with Gasteiger partial charge in [0.25, 0.3) is 0 Å². The van der Waals surface area contributed by atoms with Gasteiger partial charge in [0.2, 0.25) is 11.8 Å². The van der Waals surface area contributed by atoms with Crippen LogP contribution in [0.15, 0.2) is 24.3 Å². The highest BCUT2D eigenvalue weighted by atomic mass is 16.2. The fourth-order valence-electron chi connectivity index (χ4n) is 6.05. The number of hydrogen-bond donors (Lipinski definition) is 1. The Labute approximate surface area is 194 Å². The van der Waals surface area contributed by atoms with Crippen LogP contribution in [-0.4, -0.2) is 33.4 Å². The third kappa shape index (κ3) is 3.72. The molecule has 2 aromatic rings. The van der Waals surface area contributed by atoms with E-state index in [4.69, 9.17) is 0 Å². The molecule has 1 aliphatic heterocycles. The number of fused-ring (bicyclic) bond motifs is 3. The second-order valence-electron chi connectivity index (χ2n) is 10.7. The summed E-state index contributed by atoms with van der Waals surface area (Å²) in [5, 5.41) is 13.6. The molecule has 2 heterocycles. The molecule has 0 radical (unpaired) electrons. The van der Waals surface area contributed by atoms with Crippen molar-refractivity contribution in [1.82, 2.24) is 14.8 Å². The molecule has 3 saturated carbocycles. The number of nitrogens with zero attached hydrogens (tertiary/aromatic N) is 3. The second kappa shape index (κ2) is 7.90. The first kappa shape index (κ1) is 20.8. The molecule has 0 saturated heterocycles. The van der Waals surface area contributed by atoms with Crippen molar-refractivity contribution in [2.45, 2.75) is 76.4 Å². The van der Waals surface area contributed by atoms with Gasteiger partial charge in [0, 0.05) is 60.1 Å². The van der Waals surface area contributed by atoms with Crippen molar-refractivity contribution in [3.05, 3.63) is 35.5 Å². The van der Waals surface area contributed by atoms with Crippen molar-refractivity contribution in [2.24, 2.45) is 17.8 Å². The Bertz CT molecular complexity index is 1150. The monoisotopic (exact) mass is 444 g/mol. The van der Waals surface area contributed by atoms with Crippen molar-refractivity contribution in [3.8, 4) is 6.07 Å². The zero-order valence-electron chi connectivity index (χ0n) is 19.2. The summed E-state index contributed by atoms with van der Waals surface area (Å²) in [7, 11) is 0. The number of hydrogen-bond acceptors (Lipinski definition) is 3. The van der Waals surface area contributed by atoms with Crippen LogP contribution < -0.4 is 5.32 Å². The van der Waals surface area contributed by atoms with Crippen molar-refractivity contribution in [2.75, 3.05) is 6.54 Å². The van der Waals surface area contributed by atoms with Crippen LogP contribution in [0.2, 0.25) is 0 Å². The van der Waals surface area contributed by atoms with Gasteiger partial charge in [-0.25, -0.2) is 0 Å². The van der Waals surface area contributed by atoms with Crippen LogP contribution in [0, 0.1) is 29.1 Å². The third-order valence-electron chi connectivity index (χ3n) is 8.36. The molecule has 1 N–H and O–H groups in total. The number of para-hydroxylation sites is 1. The largest absolute Gasteiger partial charge is 0.344 e. The maximum atomic E-state index is 13.7. The van der Waals surface area contributed by atoms with Crippen LogP contribution in [-0.2, 0) is 29.1 Å². The van der Waals surface area contributed by atoms with Gasteiger partial charge in [-0.3, -0.25) is 9.59 Å². The number of aromatic nitrogens is 1. The van der Waals surface area contributed by atoms with Crippen LogP contribution in [0.25, 0.3) is 10.9 Å². The zero-order valence-corrected chi connectivity index (χ0v) is 19.2. The smallest absolute Gasteiger partial charge is 0.226 e. The molecule has 1 aromatic carbocycles. The fourth-order valence-corrected chi connectivity index (χ4v) is 6.05.